The van der Waals surface area contributed by atoms with Crippen LogP contribution in [-0.2, 0) is 16.6 Å². The highest BCUT2D eigenvalue weighted by atomic mass is 32.2. The van der Waals surface area contributed by atoms with Gasteiger partial charge in [0, 0.05) is 35.7 Å². The van der Waals surface area contributed by atoms with E-state index in [1.165, 1.54) is 6.34 Å². The van der Waals surface area contributed by atoms with E-state index >= 15 is 0 Å². The average Bonchev–Trinajstić information content (AvgIpc) is 2.79. The van der Waals surface area contributed by atoms with Crippen LogP contribution in [0.4, 0.5) is 23.1 Å². The van der Waals surface area contributed by atoms with Gasteiger partial charge in [0.15, 0.2) is 0 Å². The van der Waals surface area contributed by atoms with Crippen molar-refractivity contribution in [2.24, 2.45) is 0 Å². The molecule has 0 fully saturated rings. The van der Waals surface area contributed by atoms with Crippen molar-refractivity contribution in [1.29, 1.82) is 5.41 Å². The molecule has 10 nitrogen and oxygen atoms in total. The maximum absolute atomic E-state index is 12.7. The first-order valence-corrected chi connectivity index (χ1v) is 12.5. The first-order valence-electron chi connectivity index (χ1n) is 11.0. The van der Waals surface area contributed by atoms with E-state index in [4.69, 9.17) is 5.41 Å². The third-order valence-electron chi connectivity index (χ3n) is 4.83. The average molecular weight is 497 g/mol. The summed E-state index contributed by atoms with van der Waals surface area (Å²) in [6.45, 7) is 7.83. The van der Waals surface area contributed by atoms with Gasteiger partial charge in [-0.3, -0.25) is 10.4 Å². The number of sulfonamides is 1. The number of hydrogen-bond acceptors (Lipinski definition) is 8. The number of nitrogens with one attached hydrogen (secondary N) is 5. The fourth-order valence-corrected chi connectivity index (χ4v) is 4.64. The van der Waals surface area contributed by atoms with Crippen molar-refractivity contribution in [1.82, 2.24) is 25.1 Å². The second-order valence-electron chi connectivity index (χ2n) is 9.04. The summed E-state index contributed by atoms with van der Waals surface area (Å²) >= 11 is 0. The summed E-state index contributed by atoms with van der Waals surface area (Å²) in [5.41, 5.74) is 5.59. The summed E-state index contributed by atoms with van der Waals surface area (Å²) in [6.07, 6.45) is 2.93. The predicted molar refractivity (Wildman–Crippen MR) is 140 cm³/mol. The van der Waals surface area contributed by atoms with E-state index in [1.54, 1.807) is 63.3 Å². The molecule has 0 saturated carbocycles. The fourth-order valence-electron chi connectivity index (χ4n) is 3.18. The van der Waals surface area contributed by atoms with Crippen LogP contribution in [0.1, 0.15) is 31.9 Å². The summed E-state index contributed by atoms with van der Waals surface area (Å²) in [5.74, 6) is 0.966. The van der Waals surface area contributed by atoms with Gasteiger partial charge in [-0.2, -0.15) is 4.98 Å². The third-order valence-corrected chi connectivity index (χ3v) is 6.58. The highest BCUT2D eigenvalue weighted by Crippen LogP contribution is 2.23. The van der Waals surface area contributed by atoms with Gasteiger partial charge in [0.05, 0.1) is 17.8 Å². The second kappa shape index (κ2) is 10.8. The van der Waals surface area contributed by atoms with Crippen molar-refractivity contribution < 1.29 is 8.42 Å². The van der Waals surface area contributed by atoms with Gasteiger partial charge in [0.25, 0.3) is 0 Å². The second-order valence-corrected chi connectivity index (χ2v) is 10.7. The number of rotatable bonds is 10. The van der Waals surface area contributed by atoms with Gasteiger partial charge in [-0.15, -0.1) is 0 Å². The van der Waals surface area contributed by atoms with Crippen molar-refractivity contribution in [3.05, 3.63) is 65.9 Å². The topological polar surface area (TPSA) is 135 Å². The van der Waals surface area contributed by atoms with Crippen molar-refractivity contribution in [2.75, 3.05) is 17.7 Å². The van der Waals surface area contributed by atoms with E-state index in [0.717, 1.165) is 16.8 Å². The monoisotopic (exact) mass is 496 g/mol. The zero-order valence-corrected chi connectivity index (χ0v) is 21.4. The molecule has 1 aromatic heterocycles. The van der Waals surface area contributed by atoms with Crippen LogP contribution in [-0.4, -0.2) is 42.3 Å². The molecule has 0 saturated heterocycles. The maximum Gasteiger partial charge on any atom is 0.241 e. The number of benzene rings is 2. The molecular formula is C24H32N8O2S. The minimum atomic E-state index is -3.66. The molecular weight excluding hydrogens is 464 g/mol. The Morgan fingerprint density at radius 3 is 2.40 bits per heavy atom. The molecule has 0 radical (unpaired) electrons. The lowest BCUT2D eigenvalue weighted by Gasteiger charge is -2.20. The first kappa shape index (κ1) is 26.1. The predicted octanol–water partition coefficient (Wildman–Crippen LogP) is 3.89. The smallest absolute Gasteiger partial charge is 0.241 e. The zero-order chi connectivity index (χ0) is 25.6. The quantitative estimate of drug-likeness (QED) is 0.162. The van der Waals surface area contributed by atoms with E-state index in [2.05, 4.69) is 30.7 Å². The van der Waals surface area contributed by atoms with Crippen LogP contribution in [0.25, 0.3) is 0 Å². The van der Waals surface area contributed by atoms with Crippen LogP contribution in [0.5, 0.6) is 0 Å². The summed E-state index contributed by atoms with van der Waals surface area (Å²) in [5, 5.41) is 15.4. The first-order chi connectivity index (χ1) is 16.5. The van der Waals surface area contributed by atoms with Crippen LogP contribution in [0.2, 0.25) is 0 Å². The van der Waals surface area contributed by atoms with Gasteiger partial charge in [-0.25, -0.2) is 23.5 Å². The van der Waals surface area contributed by atoms with Crippen molar-refractivity contribution in [3.63, 3.8) is 0 Å². The molecule has 0 amide bonds. The molecule has 0 unspecified atom stereocenters. The minimum absolute atomic E-state index is 0.169. The van der Waals surface area contributed by atoms with Gasteiger partial charge in [0.2, 0.25) is 16.0 Å². The number of nitrogens with zero attached hydrogens (tertiary/aromatic N) is 3. The Hall–Kier alpha value is -3.54. The molecule has 2 aromatic carbocycles. The van der Waals surface area contributed by atoms with Gasteiger partial charge in [0.1, 0.15) is 5.82 Å². The molecule has 0 aliphatic carbocycles. The Morgan fingerprint density at radius 1 is 1.06 bits per heavy atom. The van der Waals surface area contributed by atoms with E-state index in [1.807, 2.05) is 31.2 Å². The highest BCUT2D eigenvalue weighted by molar-refractivity contribution is 7.89. The van der Waals surface area contributed by atoms with Gasteiger partial charge >= 0.3 is 0 Å². The summed E-state index contributed by atoms with van der Waals surface area (Å²) < 4.78 is 28.1. The molecule has 3 rings (SSSR count). The van der Waals surface area contributed by atoms with Crippen molar-refractivity contribution >= 4 is 39.5 Å². The molecule has 0 bridgehead atoms. The largest absolute Gasteiger partial charge is 0.340 e. The molecule has 1 heterocycles. The van der Waals surface area contributed by atoms with Crippen LogP contribution in [0.3, 0.4) is 0 Å². The number of hydrazine groups is 1. The van der Waals surface area contributed by atoms with Crippen LogP contribution < -0.4 is 20.8 Å². The van der Waals surface area contributed by atoms with Crippen LogP contribution in [0.15, 0.2) is 59.6 Å². The number of anilines is 4. The Morgan fingerprint density at radius 2 is 1.77 bits per heavy atom. The molecule has 11 heteroatoms. The lowest BCUT2D eigenvalue weighted by atomic mass is 10.1. The lowest BCUT2D eigenvalue weighted by molar-refractivity contribution is 0.340. The van der Waals surface area contributed by atoms with Crippen molar-refractivity contribution in [3.8, 4) is 0 Å². The fraction of sp³-hybridized carbons (Fsp3) is 0.292. The third kappa shape index (κ3) is 7.47. The standard InChI is InChI=1S/C24H32N8O2S/c1-17-14-27-23(29-19-11-9-18(10-12-19)15-32(16-25)26-5)30-22(17)28-20-7-6-8-21(13-20)35(33,34)31-24(2,3)4/h6-14,16,25-26,31H,15H2,1-5H3,(H2,27,28,29,30). The number of aryl methyl sites for hydroxylation is 1. The lowest BCUT2D eigenvalue weighted by Crippen LogP contribution is -2.40. The summed E-state index contributed by atoms with van der Waals surface area (Å²) in [4.78, 5) is 9.09. The SMILES string of the molecule is CNN(C=N)Cc1ccc(Nc2ncc(C)c(Nc3cccc(S(=O)(=O)NC(C)(C)C)c3)n2)cc1. The molecule has 0 aliphatic rings. The molecule has 35 heavy (non-hydrogen) atoms. The van der Waals surface area contributed by atoms with Crippen LogP contribution >= 0.6 is 0 Å². The zero-order valence-electron chi connectivity index (χ0n) is 20.5. The summed E-state index contributed by atoms with van der Waals surface area (Å²) in [7, 11) is -1.90. The van der Waals surface area contributed by atoms with Crippen LogP contribution in [0, 0.1) is 12.3 Å². The molecule has 0 spiro atoms. The highest BCUT2D eigenvalue weighted by Gasteiger charge is 2.22. The van der Waals surface area contributed by atoms with Gasteiger partial charge < -0.3 is 10.6 Å². The molecule has 186 valence electrons. The molecule has 0 aliphatic heterocycles. The number of hydrogen-bond donors (Lipinski definition) is 5. The minimum Gasteiger partial charge on any atom is -0.340 e. The van der Waals surface area contributed by atoms with Gasteiger partial charge in [-0.1, -0.05) is 18.2 Å². The Bertz CT molecular complexity index is 1270. The normalized spacial score (nSPS) is 11.7. The Balaban J connectivity index is 1.75. The molecule has 3 aromatic rings. The van der Waals surface area contributed by atoms with Crippen molar-refractivity contribution in [2.45, 2.75) is 44.7 Å². The van der Waals surface area contributed by atoms with E-state index < -0.39 is 15.6 Å². The maximum atomic E-state index is 12.7. The van der Waals surface area contributed by atoms with Gasteiger partial charge in [-0.05, 0) is 63.6 Å². The molecule has 0 atom stereocenters. The Kier molecular flexibility index (Phi) is 8.05. The Labute approximate surface area is 206 Å². The molecule has 5 N–H and O–H groups in total. The van der Waals surface area contributed by atoms with E-state index in [0.29, 0.717) is 24.0 Å². The van der Waals surface area contributed by atoms with E-state index in [-0.39, 0.29) is 4.90 Å². The van der Waals surface area contributed by atoms with E-state index in [9.17, 15) is 8.42 Å². The summed E-state index contributed by atoms with van der Waals surface area (Å²) in [6, 6.07) is 14.4. The number of aromatic nitrogens is 2.